The zero-order chi connectivity index (χ0) is 17.0. The van der Waals surface area contributed by atoms with Crippen LogP contribution in [-0.4, -0.2) is 18.0 Å². The predicted molar refractivity (Wildman–Crippen MR) is 90.5 cm³/mol. The average molecular weight is 316 g/mol. The molecule has 1 aromatic rings. The molecule has 1 aromatic carbocycles. The minimum Gasteiger partial charge on any atom is -0.411 e. The number of aliphatic imine (C=N–C) groups is 1. The van der Waals surface area contributed by atoms with Gasteiger partial charge in [-0.15, -0.1) is 4.99 Å². The van der Waals surface area contributed by atoms with Crippen molar-refractivity contribution in [2.24, 2.45) is 16.1 Å². The average Bonchev–Trinajstić information content (AvgIpc) is 2.46. The van der Waals surface area contributed by atoms with Crippen LogP contribution < -0.4 is 11.1 Å². The molecule has 0 saturated carbocycles. The van der Waals surface area contributed by atoms with Gasteiger partial charge in [0.1, 0.15) is 0 Å². The van der Waals surface area contributed by atoms with Crippen LogP contribution in [0, 0.1) is 10.8 Å². The van der Waals surface area contributed by atoms with Crippen molar-refractivity contribution in [2.75, 3.05) is 0 Å². The number of aryl methyl sites for hydroxylation is 1. The van der Waals surface area contributed by atoms with Crippen molar-refractivity contribution in [2.45, 2.75) is 46.1 Å². The molecule has 0 fully saturated rings. The number of ether oxygens (including phenoxy) is 1. The molecule has 0 spiro atoms. The van der Waals surface area contributed by atoms with Gasteiger partial charge in [0.05, 0.1) is 6.04 Å². The normalized spacial score (nSPS) is 18.0. The van der Waals surface area contributed by atoms with E-state index in [9.17, 15) is 4.79 Å². The lowest BCUT2D eigenvalue weighted by Gasteiger charge is -2.25. The number of carbonyl (C=O) groups is 1. The van der Waals surface area contributed by atoms with Crippen LogP contribution in [0.5, 0.6) is 0 Å². The zero-order valence-electron chi connectivity index (χ0n) is 13.8. The van der Waals surface area contributed by atoms with Crippen LogP contribution in [0.4, 0.5) is 4.79 Å². The van der Waals surface area contributed by atoms with Gasteiger partial charge in [-0.25, -0.2) is 4.79 Å². The number of rotatable bonds is 1. The van der Waals surface area contributed by atoms with Gasteiger partial charge >= 0.3 is 6.03 Å². The first-order valence-electron chi connectivity index (χ1n) is 7.76. The number of carbonyl (C=O) groups excluding carboxylic acids is 1. The summed E-state index contributed by atoms with van der Waals surface area (Å²) in [6.07, 6.45) is 2.92. The van der Waals surface area contributed by atoms with Gasteiger partial charge < -0.3 is 15.8 Å². The van der Waals surface area contributed by atoms with Crippen molar-refractivity contribution in [3.05, 3.63) is 35.4 Å². The maximum absolute atomic E-state index is 12.0. The van der Waals surface area contributed by atoms with Gasteiger partial charge in [0, 0.05) is 5.41 Å². The van der Waals surface area contributed by atoms with E-state index in [4.69, 9.17) is 15.9 Å². The number of benzene rings is 1. The number of amides is 2. The summed E-state index contributed by atoms with van der Waals surface area (Å²) in [7, 11) is 0. The van der Waals surface area contributed by atoms with Gasteiger partial charge in [-0.05, 0) is 30.4 Å². The summed E-state index contributed by atoms with van der Waals surface area (Å²) < 4.78 is 5.09. The van der Waals surface area contributed by atoms with E-state index < -0.39 is 11.4 Å². The largest absolute Gasteiger partial charge is 0.411 e. The Morgan fingerprint density at radius 1 is 1.39 bits per heavy atom. The molecule has 1 unspecified atom stereocenters. The first-order chi connectivity index (χ1) is 10.8. The maximum Gasteiger partial charge on any atom is 0.346 e. The van der Waals surface area contributed by atoms with Gasteiger partial charge in [0.25, 0.3) is 6.02 Å². The summed E-state index contributed by atoms with van der Waals surface area (Å²) >= 11 is 0. The molecule has 0 aliphatic heterocycles. The second kappa shape index (κ2) is 6.81. The van der Waals surface area contributed by atoms with Gasteiger partial charge in [-0.2, -0.15) is 0 Å². The van der Waals surface area contributed by atoms with E-state index >= 15 is 0 Å². The van der Waals surface area contributed by atoms with Crippen LogP contribution >= 0.6 is 0 Å². The van der Waals surface area contributed by atoms with E-state index in [2.05, 4.69) is 16.4 Å². The number of hydrogen-bond acceptors (Lipinski definition) is 3. The van der Waals surface area contributed by atoms with Crippen molar-refractivity contribution in [1.82, 2.24) is 5.32 Å². The van der Waals surface area contributed by atoms with Crippen LogP contribution in [0.25, 0.3) is 0 Å². The first-order valence-corrected chi connectivity index (χ1v) is 7.76. The van der Waals surface area contributed by atoms with Crippen molar-refractivity contribution >= 4 is 18.0 Å². The number of urea groups is 1. The summed E-state index contributed by atoms with van der Waals surface area (Å²) in [4.78, 5) is 15.7. The summed E-state index contributed by atoms with van der Waals surface area (Å²) in [5.74, 6) is -0.0328. The van der Waals surface area contributed by atoms with Crippen molar-refractivity contribution in [3.63, 3.8) is 0 Å². The molecule has 1 atom stereocenters. The van der Waals surface area contributed by atoms with E-state index in [0.717, 1.165) is 24.8 Å². The summed E-state index contributed by atoms with van der Waals surface area (Å²) in [6, 6.07) is 7.15. The third-order valence-electron chi connectivity index (χ3n) is 3.77. The lowest BCUT2D eigenvalue weighted by molar-refractivity contribution is 0.243. The van der Waals surface area contributed by atoms with Crippen molar-refractivity contribution in [1.29, 1.82) is 5.41 Å². The van der Waals surface area contributed by atoms with Crippen LogP contribution in [0.2, 0.25) is 0 Å². The highest BCUT2D eigenvalue weighted by atomic mass is 16.5. The Kier molecular flexibility index (Phi) is 5.03. The Bertz CT molecular complexity index is 632. The van der Waals surface area contributed by atoms with Gasteiger partial charge in [-0.3, -0.25) is 5.41 Å². The van der Waals surface area contributed by atoms with Gasteiger partial charge in [-0.1, -0.05) is 45.0 Å². The highest BCUT2D eigenvalue weighted by molar-refractivity contribution is 5.96. The standard InChI is InChI=1S/C17H24N4O2/c1-17(2,3)14(18)23-15(19)21-16(22)20-13-10-6-8-11-7-4-5-9-12(11)13/h4-5,7,9,13,18H,6,8,10H2,1-3H3,(H3,19,20,21,22). The molecular weight excluding hydrogens is 292 g/mol. The third kappa shape index (κ3) is 4.55. The van der Waals surface area contributed by atoms with Crippen molar-refractivity contribution in [3.8, 4) is 0 Å². The molecule has 0 bridgehead atoms. The Hall–Kier alpha value is -2.37. The predicted octanol–water partition coefficient (Wildman–Crippen LogP) is 3.13. The van der Waals surface area contributed by atoms with E-state index in [0.29, 0.717) is 0 Å². The molecule has 0 radical (unpaired) electrons. The molecule has 2 rings (SSSR count). The van der Waals surface area contributed by atoms with Gasteiger partial charge in [0.15, 0.2) is 5.90 Å². The van der Waals surface area contributed by atoms with E-state index in [1.165, 1.54) is 5.56 Å². The van der Waals surface area contributed by atoms with E-state index in [-0.39, 0.29) is 18.0 Å². The number of nitrogens with two attached hydrogens (primary N) is 1. The monoisotopic (exact) mass is 316 g/mol. The lowest BCUT2D eigenvalue weighted by atomic mass is 9.88. The zero-order valence-corrected chi connectivity index (χ0v) is 13.8. The van der Waals surface area contributed by atoms with Crippen molar-refractivity contribution < 1.29 is 9.53 Å². The van der Waals surface area contributed by atoms with Crippen LogP contribution in [0.1, 0.15) is 50.8 Å². The van der Waals surface area contributed by atoms with Crippen LogP contribution in [-0.2, 0) is 11.2 Å². The molecule has 6 heteroatoms. The molecular formula is C17H24N4O2. The molecule has 124 valence electrons. The minimum absolute atomic E-state index is 0.0328. The Morgan fingerprint density at radius 3 is 2.78 bits per heavy atom. The minimum atomic E-state index is -0.550. The van der Waals surface area contributed by atoms with Crippen LogP contribution in [0.3, 0.4) is 0 Å². The summed E-state index contributed by atoms with van der Waals surface area (Å²) in [6.45, 7) is 5.46. The number of amidine groups is 1. The summed E-state index contributed by atoms with van der Waals surface area (Å²) in [5, 5.41) is 10.6. The molecule has 0 aromatic heterocycles. The number of nitrogens with zero attached hydrogens (tertiary/aromatic N) is 1. The fourth-order valence-electron chi connectivity index (χ4n) is 2.47. The molecule has 0 heterocycles. The van der Waals surface area contributed by atoms with Crippen LogP contribution in [0.15, 0.2) is 29.3 Å². The highest BCUT2D eigenvalue weighted by Gasteiger charge is 2.23. The second-order valence-corrected chi connectivity index (χ2v) is 6.72. The molecule has 1 aliphatic rings. The second-order valence-electron chi connectivity index (χ2n) is 6.72. The molecule has 2 amide bonds. The third-order valence-corrected chi connectivity index (χ3v) is 3.77. The highest BCUT2D eigenvalue weighted by Crippen LogP contribution is 2.29. The Morgan fingerprint density at radius 2 is 2.09 bits per heavy atom. The first kappa shape index (κ1) is 17.0. The molecule has 4 N–H and O–H groups in total. The molecule has 6 nitrogen and oxygen atoms in total. The number of fused-ring (bicyclic) bond motifs is 1. The Balaban J connectivity index is 2.00. The lowest BCUT2D eigenvalue weighted by Crippen LogP contribution is -2.33. The molecule has 0 saturated heterocycles. The number of hydrogen-bond donors (Lipinski definition) is 3. The quantitative estimate of drug-likeness (QED) is 0.548. The maximum atomic E-state index is 12.0. The van der Waals surface area contributed by atoms with E-state index in [1.807, 2.05) is 39.0 Å². The topological polar surface area (TPSA) is 101 Å². The Labute approximate surface area is 136 Å². The fraction of sp³-hybridized carbons (Fsp3) is 0.471. The SMILES string of the molecule is CC(C)(C)C(=N)O/C(N)=N\C(=O)NC1CCCc2ccccc21. The van der Waals surface area contributed by atoms with Gasteiger partial charge in [0.2, 0.25) is 0 Å². The molecule has 1 aliphatic carbocycles. The fourth-order valence-corrected chi connectivity index (χ4v) is 2.47. The number of nitrogens with one attached hydrogen (secondary N) is 2. The van der Waals surface area contributed by atoms with E-state index in [1.54, 1.807) is 0 Å². The molecule has 23 heavy (non-hydrogen) atoms. The smallest absolute Gasteiger partial charge is 0.346 e. The summed E-state index contributed by atoms with van der Waals surface area (Å²) in [5.41, 5.74) is 7.50.